The molecule has 1 aliphatic heterocycles. The standard InChI is InChI=1S/C71H114N12O14/c1-19-46(7)61(75-59(85)34-35-72-11)71(97)82(18)56(38-44(3)4)68(94)76(12)48(9)64(90)78(14)54(40-47(8)84)62(88)73-52(20-2)66(92)81(17)58(42-51-32-26-22-27-33-51)69(95)77(13)49(10)65(91)80(16)57(39-45(5)6)70(96)79(15)55(41-50-30-24-21-25-31-50)63(89)74-53(43-60(86)87)67(93)83-36-28-23-29-37-83/h21-22,24-27,30-33,44-49,52-58,61,72,84H,19-20,23,28-29,34-43H2,1-18H3,(H,73,88)(H,74,89)(H,75,85)(H,86,87)/t46-,47?,48?,49-,52?,53?,54?,55?,56-,57?,58-,61?/m0/s1. The van der Waals surface area contributed by atoms with Crippen LogP contribution in [0, 0.1) is 17.8 Å². The van der Waals surface area contributed by atoms with Gasteiger partial charge in [0.2, 0.25) is 65.0 Å². The maximum Gasteiger partial charge on any atom is 0.305 e. The highest BCUT2D eigenvalue weighted by atomic mass is 16.4. The number of nitrogens with one attached hydrogen (secondary N) is 4. The summed E-state index contributed by atoms with van der Waals surface area (Å²) in [6, 6.07) is 5.33. The summed E-state index contributed by atoms with van der Waals surface area (Å²) in [7, 11) is 11.6. The van der Waals surface area contributed by atoms with Gasteiger partial charge in [0.15, 0.2) is 0 Å². The number of hydrogen-bond acceptors (Lipinski definition) is 14. The Bertz CT molecular complexity index is 2950. The Hall–Kier alpha value is -8.00. The third kappa shape index (κ3) is 24.2. The first-order valence-corrected chi connectivity index (χ1v) is 34.2. The molecule has 1 fully saturated rings. The number of benzene rings is 2. The minimum atomic E-state index is -1.42. The van der Waals surface area contributed by atoms with E-state index in [2.05, 4.69) is 21.3 Å². The zero-order chi connectivity index (χ0) is 73.3. The molecular formula is C71H114N12O14. The molecule has 0 aromatic heterocycles. The number of rotatable bonds is 38. The Morgan fingerprint density at radius 3 is 1.33 bits per heavy atom. The van der Waals surface area contributed by atoms with Crippen molar-refractivity contribution in [1.82, 2.24) is 60.5 Å². The van der Waals surface area contributed by atoms with E-state index in [-0.39, 0.29) is 68.6 Å². The first-order chi connectivity index (χ1) is 45.6. The average molecular weight is 1360 g/mol. The van der Waals surface area contributed by atoms with Gasteiger partial charge >= 0.3 is 5.97 Å². The van der Waals surface area contributed by atoms with Crippen LogP contribution < -0.4 is 21.3 Å². The fourth-order valence-corrected chi connectivity index (χ4v) is 12.0. The van der Waals surface area contributed by atoms with E-state index in [0.29, 0.717) is 37.2 Å². The first-order valence-electron chi connectivity index (χ1n) is 34.2. The number of aliphatic hydroxyl groups excluding tert-OH is 1. The van der Waals surface area contributed by atoms with Gasteiger partial charge in [-0.3, -0.25) is 57.5 Å². The first kappa shape index (κ1) is 83.2. The number of carbonyl (C=O) groups excluding carboxylic acids is 11. The molecule has 6 N–H and O–H groups in total. The number of nitrogens with zero attached hydrogens (tertiary/aromatic N) is 8. The van der Waals surface area contributed by atoms with Crippen LogP contribution in [0.15, 0.2) is 60.7 Å². The summed E-state index contributed by atoms with van der Waals surface area (Å²) in [5, 5.41) is 31.9. The van der Waals surface area contributed by atoms with Crippen molar-refractivity contribution >= 4 is 70.9 Å². The second kappa shape index (κ2) is 40.0. The van der Waals surface area contributed by atoms with Crippen molar-refractivity contribution in [2.45, 2.75) is 213 Å². The van der Waals surface area contributed by atoms with E-state index in [1.165, 1.54) is 99.5 Å². The van der Waals surface area contributed by atoms with Gasteiger partial charge in [-0.1, -0.05) is 116 Å². The van der Waals surface area contributed by atoms with E-state index in [9.17, 15) is 58.2 Å². The molecule has 0 bridgehead atoms. The summed E-state index contributed by atoms with van der Waals surface area (Å²) in [5.74, 6) is -8.72. The van der Waals surface area contributed by atoms with Gasteiger partial charge in [0.05, 0.1) is 12.5 Å². The second-order valence-corrected chi connectivity index (χ2v) is 27.1. The Labute approximate surface area is 575 Å². The average Bonchev–Trinajstić information content (AvgIpc) is 0.826. The summed E-state index contributed by atoms with van der Waals surface area (Å²) in [6.07, 6.45) is 1.18. The van der Waals surface area contributed by atoms with Crippen LogP contribution in [0.5, 0.6) is 0 Å². The van der Waals surface area contributed by atoms with Crippen LogP contribution in [0.4, 0.5) is 0 Å². The van der Waals surface area contributed by atoms with Crippen LogP contribution in [0.1, 0.15) is 145 Å². The zero-order valence-electron chi connectivity index (χ0n) is 60.8. The molecular weight excluding hydrogens is 1240 g/mol. The maximum absolute atomic E-state index is 15.1. The number of likely N-dealkylation sites (N-methyl/N-ethyl adjacent to an activating group) is 7. The molecule has 0 saturated carbocycles. The number of carboxylic acids is 1. The predicted molar refractivity (Wildman–Crippen MR) is 370 cm³/mol. The summed E-state index contributed by atoms with van der Waals surface area (Å²) in [6.45, 7) is 18.5. The Kier molecular flexibility index (Phi) is 34.3. The summed E-state index contributed by atoms with van der Waals surface area (Å²) in [5.41, 5.74) is 1.31. The molecule has 1 saturated heterocycles. The predicted octanol–water partition coefficient (Wildman–Crippen LogP) is 3.17. The molecule has 8 unspecified atom stereocenters. The number of aliphatic hydroxyl groups is 1. The van der Waals surface area contributed by atoms with Crippen molar-refractivity contribution < 1.29 is 67.7 Å². The SMILES string of the molecule is CCC(NC(=O)C(CC(C)O)N(C)C(=O)C(C)N(C)C(=O)[C@H](CC(C)C)N(C)C(=O)C(NC(=O)CCNC)[C@@H](C)CC)C(=O)N(C)[C@@H](Cc1ccccc1)C(=O)N(C)[C@@H](C)C(=O)N(C)C(CC(C)C)C(=O)N(C)C(Cc1ccccc1)C(=O)NC(CC(=O)O)C(=O)N1CCCCC1. The number of carbonyl (C=O) groups is 12. The van der Waals surface area contributed by atoms with Crippen molar-refractivity contribution in [2.75, 3.05) is 76.0 Å². The lowest BCUT2D eigenvalue weighted by molar-refractivity contribution is -0.154. The van der Waals surface area contributed by atoms with Crippen LogP contribution in [0.2, 0.25) is 0 Å². The smallest absolute Gasteiger partial charge is 0.305 e. The van der Waals surface area contributed by atoms with Crippen LogP contribution in [-0.4, -0.2) is 263 Å². The monoisotopic (exact) mass is 1360 g/mol. The van der Waals surface area contributed by atoms with Gasteiger partial charge in [-0.15, -0.1) is 0 Å². The maximum atomic E-state index is 15.1. The minimum Gasteiger partial charge on any atom is -0.481 e. The molecule has 11 amide bonds. The molecule has 542 valence electrons. The lowest BCUT2D eigenvalue weighted by Gasteiger charge is -2.39. The lowest BCUT2D eigenvalue weighted by atomic mass is 9.95. The Morgan fingerprint density at radius 2 is 0.887 bits per heavy atom. The topological polar surface area (TPSA) is 319 Å². The molecule has 97 heavy (non-hydrogen) atoms. The Morgan fingerprint density at radius 1 is 0.474 bits per heavy atom. The number of piperidine rings is 1. The van der Waals surface area contributed by atoms with Gasteiger partial charge in [0, 0.05) is 94.7 Å². The van der Waals surface area contributed by atoms with Crippen molar-refractivity contribution in [2.24, 2.45) is 17.8 Å². The van der Waals surface area contributed by atoms with Gasteiger partial charge in [-0.25, -0.2) is 0 Å². The molecule has 2 aromatic carbocycles. The largest absolute Gasteiger partial charge is 0.481 e. The van der Waals surface area contributed by atoms with Gasteiger partial charge in [-0.2, -0.15) is 0 Å². The number of hydrogen-bond donors (Lipinski definition) is 6. The molecule has 3 rings (SSSR count). The van der Waals surface area contributed by atoms with Gasteiger partial charge in [-0.05, 0) is 95.2 Å². The summed E-state index contributed by atoms with van der Waals surface area (Å²) >= 11 is 0. The zero-order valence-corrected chi connectivity index (χ0v) is 60.8. The lowest BCUT2D eigenvalue weighted by Crippen LogP contribution is -2.61. The van der Waals surface area contributed by atoms with Gasteiger partial charge in [0.1, 0.15) is 60.4 Å². The van der Waals surface area contributed by atoms with Crippen molar-refractivity contribution in [3.8, 4) is 0 Å². The fourth-order valence-electron chi connectivity index (χ4n) is 12.0. The molecule has 0 radical (unpaired) electrons. The van der Waals surface area contributed by atoms with Gasteiger partial charge < -0.3 is 70.7 Å². The summed E-state index contributed by atoms with van der Waals surface area (Å²) in [4.78, 5) is 181. The second-order valence-electron chi connectivity index (χ2n) is 27.1. The molecule has 0 spiro atoms. The number of aliphatic carboxylic acids is 1. The van der Waals surface area contributed by atoms with Crippen LogP contribution in [0.25, 0.3) is 0 Å². The molecule has 26 heteroatoms. The Balaban J connectivity index is 1.96. The number of likely N-dealkylation sites (tertiary alicyclic amines) is 1. The van der Waals surface area contributed by atoms with Crippen molar-refractivity contribution in [3.63, 3.8) is 0 Å². The third-order valence-electron chi connectivity index (χ3n) is 18.7. The third-order valence-corrected chi connectivity index (χ3v) is 18.7. The molecule has 0 aliphatic carbocycles. The normalized spacial score (nSPS) is 16.0. The molecule has 26 nitrogen and oxygen atoms in total. The van der Waals surface area contributed by atoms with Crippen LogP contribution >= 0.6 is 0 Å². The number of amides is 11. The van der Waals surface area contributed by atoms with E-state index >= 15 is 9.59 Å². The quantitative estimate of drug-likeness (QED) is 0.0563. The van der Waals surface area contributed by atoms with Crippen LogP contribution in [0.3, 0.4) is 0 Å². The molecule has 12 atom stereocenters. The molecule has 1 aliphatic rings. The van der Waals surface area contributed by atoms with Crippen molar-refractivity contribution in [3.05, 3.63) is 71.8 Å². The van der Waals surface area contributed by atoms with Crippen LogP contribution in [-0.2, 0) is 70.4 Å². The van der Waals surface area contributed by atoms with E-state index in [1.807, 2.05) is 41.5 Å². The minimum absolute atomic E-state index is 0.00238. The van der Waals surface area contributed by atoms with Gasteiger partial charge in [0.25, 0.3) is 0 Å². The number of carboxylic acid groups (broad SMARTS) is 1. The molecule has 2 aromatic rings. The van der Waals surface area contributed by atoms with Crippen molar-refractivity contribution in [1.29, 1.82) is 0 Å². The fraction of sp³-hybridized carbons (Fsp3) is 0.662. The van der Waals surface area contributed by atoms with E-state index in [0.717, 1.165) is 24.2 Å². The van der Waals surface area contributed by atoms with E-state index in [1.54, 1.807) is 79.5 Å². The summed E-state index contributed by atoms with van der Waals surface area (Å²) < 4.78 is 0. The highest BCUT2D eigenvalue weighted by Crippen LogP contribution is 2.24. The highest BCUT2D eigenvalue weighted by molar-refractivity contribution is 5.99. The highest BCUT2D eigenvalue weighted by Gasteiger charge is 2.44. The van der Waals surface area contributed by atoms with E-state index < -0.39 is 138 Å². The van der Waals surface area contributed by atoms with E-state index in [4.69, 9.17) is 0 Å². The molecule has 1 heterocycles.